The van der Waals surface area contributed by atoms with E-state index in [4.69, 9.17) is 0 Å². The van der Waals surface area contributed by atoms with Crippen molar-refractivity contribution in [2.75, 3.05) is 12.4 Å². The number of anilines is 1. The molecule has 0 saturated heterocycles. The van der Waals surface area contributed by atoms with E-state index in [0.29, 0.717) is 12.1 Å². The Hall–Kier alpha value is -2.29. The highest BCUT2D eigenvalue weighted by Crippen LogP contribution is 2.16. The molecule has 3 heteroatoms. The second kappa shape index (κ2) is 6.93. The zero-order chi connectivity index (χ0) is 15.2. The van der Waals surface area contributed by atoms with Crippen molar-refractivity contribution in [3.63, 3.8) is 0 Å². The van der Waals surface area contributed by atoms with E-state index in [2.05, 4.69) is 29.7 Å². The number of benzene rings is 2. The molecule has 2 aromatic rings. The first-order valence-electron chi connectivity index (χ1n) is 7.29. The third kappa shape index (κ3) is 3.63. The van der Waals surface area contributed by atoms with Crippen LogP contribution >= 0.6 is 0 Å². The summed E-state index contributed by atoms with van der Waals surface area (Å²) in [6, 6.07) is 13.9. The van der Waals surface area contributed by atoms with Crippen LogP contribution in [0.3, 0.4) is 0 Å². The van der Waals surface area contributed by atoms with Crippen LogP contribution < -0.4 is 10.6 Å². The molecule has 1 amide bonds. The summed E-state index contributed by atoms with van der Waals surface area (Å²) in [6.07, 6.45) is 0.974. The monoisotopic (exact) mass is 282 g/mol. The van der Waals surface area contributed by atoms with Crippen LogP contribution in [-0.2, 0) is 13.0 Å². The third-order valence-corrected chi connectivity index (χ3v) is 3.70. The van der Waals surface area contributed by atoms with E-state index in [1.54, 1.807) is 0 Å². The van der Waals surface area contributed by atoms with Crippen LogP contribution in [0, 0.1) is 6.92 Å². The molecule has 0 aliphatic heterocycles. The lowest BCUT2D eigenvalue weighted by atomic mass is 10.0. The van der Waals surface area contributed by atoms with Crippen molar-refractivity contribution in [1.82, 2.24) is 5.32 Å². The van der Waals surface area contributed by atoms with E-state index in [-0.39, 0.29) is 5.91 Å². The van der Waals surface area contributed by atoms with Crippen molar-refractivity contribution in [3.05, 3.63) is 64.7 Å². The van der Waals surface area contributed by atoms with Gasteiger partial charge in [0, 0.05) is 24.8 Å². The van der Waals surface area contributed by atoms with E-state index in [9.17, 15) is 4.79 Å². The molecule has 0 heterocycles. The molecule has 110 valence electrons. The summed E-state index contributed by atoms with van der Waals surface area (Å²) in [7, 11) is 1.88. The van der Waals surface area contributed by atoms with Gasteiger partial charge in [0.1, 0.15) is 0 Å². The van der Waals surface area contributed by atoms with Gasteiger partial charge in [0.15, 0.2) is 0 Å². The Morgan fingerprint density at radius 2 is 1.81 bits per heavy atom. The number of amides is 1. The lowest BCUT2D eigenvalue weighted by Gasteiger charge is -2.11. The maximum absolute atomic E-state index is 12.2. The Kier molecular flexibility index (Phi) is 4.99. The number of hydrogen-bond acceptors (Lipinski definition) is 2. The van der Waals surface area contributed by atoms with Crippen LogP contribution in [0.4, 0.5) is 5.69 Å². The number of nitrogens with one attached hydrogen (secondary N) is 2. The smallest absolute Gasteiger partial charge is 0.251 e. The maximum atomic E-state index is 12.2. The second-order valence-corrected chi connectivity index (χ2v) is 5.08. The van der Waals surface area contributed by atoms with Crippen LogP contribution in [0.25, 0.3) is 0 Å². The largest absolute Gasteiger partial charge is 0.388 e. The molecule has 0 fully saturated rings. The number of aryl methyl sites for hydroxylation is 2. The standard InChI is InChI=1S/C18H22N2O/c1-4-14-7-5-6-8-16(14)12-20-18(21)15-9-10-17(19-3)13(2)11-15/h5-11,19H,4,12H2,1-3H3,(H,20,21). The fraction of sp³-hybridized carbons (Fsp3) is 0.278. The van der Waals surface area contributed by atoms with Crippen molar-refractivity contribution in [1.29, 1.82) is 0 Å². The highest BCUT2D eigenvalue weighted by atomic mass is 16.1. The fourth-order valence-electron chi connectivity index (χ4n) is 2.44. The summed E-state index contributed by atoms with van der Waals surface area (Å²) in [5, 5.41) is 6.10. The Morgan fingerprint density at radius 1 is 1.10 bits per heavy atom. The molecule has 21 heavy (non-hydrogen) atoms. The molecule has 0 radical (unpaired) electrons. The van der Waals surface area contributed by atoms with Crippen molar-refractivity contribution in [2.24, 2.45) is 0 Å². The summed E-state index contributed by atoms with van der Waals surface area (Å²) in [4.78, 5) is 12.2. The van der Waals surface area contributed by atoms with Gasteiger partial charge in [-0.05, 0) is 48.2 Å². The SMILES string of the molecule is CCc1ccccc1CNC(=O)c1ccc(NC)c(C)c1. The minimum atomic E-state index is -0.0355. The van der Waals surface area contributed by atoms with E-state index in [0.717, 1.165) is 17.7 Å². The molecule has 0 bridgehead atoms. The zero-order valence-electron chi connectivity index (χ0n) is 12.9. The molecule has 0 unspecified atom stereocenters. The van der Waals surface area contributed by atoms with Crippen LogP contribution in [0.15, 0.2) is 42.5 Å². The molecule has 0 aliphatic rings. The van der Waals surface area contributed by atoms with Crippen molar-refractivity contribution in [2.45, 2.75) is 26.8 Å². The number of carbonyl (C=O) groups is 1. The van der Waals surface area contributed by atoms with Gasteiger partial charge < -0.3 is 10.6 Å². The average molecular weight is 282 g/mol. The Labute approximate surface area is 126 Å². The van der Waals surface area contributed by atoms with Gasteiger partial charge in [0.05, 0.1) is 0 Å². The maximum Gasteiger partial charge on any atom is 0.251 e. The molecule has 0 aromatic heterocycles. The highest BCUT2D eigenvalue weighted by Gasteiger charge is 2.08. The molecule has 2 aromatic carbocycles. The molecular weight excluding hydrogens is 260 g/mol. The first kappa shape index (κ1) is 15.1. The zero-order valence-corrected chi connectivity index (χ0v) is 12.9. The molecule has 2 N–H and O–H groups in total. The van der Waals surface area contributed by atoms with E-state index in [1.807, 2.05) is 44.3 Å². The summed E-state index contributed by atoms with van der Waals surface area (Å²) < 4.78 is 0. The molecular formula is C18H22N2O. The first-order valence-corrected chi connectivity index (χ1v) is 7.29. The lowest BCUT2D eigenvalue weighted by molar-refractivity contribution is 0.0951. The quantitative estimate of drug-likeness (QED) is 0.881. The fourth-order valence-corrected chi connectivity index (χ4v) is 2.44. The van der Waals surface area contributed by atoms with Gasteiger partial charge in [-0.25, -0.2) is 0 Å². The van der Waals surface area contributed by atoms with Gasteiger partial charge in [-0.2, -0.15) is 0 Å². The first-order chi connectivity index (χ1) is 10.2. The number of rotatable bonds is 5. The molecule has 2 rings (SSSR count). The van der Waals surface area contributed by atoms with Crippen LogP contribution in [0.5, 0.6) is 0 Å². The predicted octanol–water partition coefficient (Wildman–Crippen LogP) is 3.53. The average Bonchev–Trinajstić information content (AvgIpc) is 2.52. The van der Waals surface area contributed by atoms with Gasteiger partial charge in [-0.1, -0.05) is 31.2 Å². The van der Waals surface area contributed by atoms with E-state index < -0.39 is 0 Å². The van der Waals surface area contributed by atoms with E-state index >= 15 is 0 Å². The van der Waals surface area contributed by atoms with Gasteiger partial charge >= 0.3 is 0 Å². The Balaban J connectivity index is 2.06. The summed E-state index contributed by atoms with van der Waals surface area (Å²) in [6.45, 7) is 4.69. The van der Waals surface area contributed by atoms with Crippen molar-refractivity contribution < 1.29 is 4.79 Å². The topological polar surface area (TPSA) is 41.1 Å². The Morgan fingerprint density at radius 3 is 2.43 bits per heavy atom. The number of carbonyl (C=O) groups excluding carboxylic acids is 1. The van der Waals surface area contributed by atoms with Crippen LogP contribution in [0.2, 0.25) is 0 Å². The third-order valence-electron chi connectivity index (χ3n) is 3.70. The molecule has 0 atom stereocenters. The van der Waals surface area contributed by atoms with Crippen LogP contribution in [-0.4, -0.2) is 13.0 Å². The minimum absolute atomic E-state index is 0.0355. The normalized spacial score (nSPS) is 10.2. The van der Waals surface area contributed by atoms with Gasteiger partial charge in [0.25, 0.3) is 5.91 Å². The summed E-state index contributed by atoms with van der Waals surface area (Å²) in [5.41, 5.74) is 5.26. The van der Waals surface area contributed by atoms with Gasteiger partial charge in [0.2, 0.25) is 0 Å². The molecule has 3 nitrogen and oxygen atoms in total. The number of hydrogen-bond donors (Lipinski definition) is 2. The molecule has 0 saturated carbocycles. The Bertz CT molecular complexity index is 635. The molecule has 0 spiro atoms. The second-order valence-electron chi connectivity index (χ2n) is 5.08. The van der Waals surface area contributed by atoms with E-state index in [1.165, 1.54) is 11.1 Å². The minimum Gasteiger partial charge on any atom is -0.388 e. The van der Waals surface area contributed by atoms with Gasteiger partial charge in [-0.15, -0.1) is 0 Å². The van der Waals surface area contributed by atoms with Gasteiger partial charge in [-0.3, -0.25) is 4.79 Å². The van der Waals surface area contributed by atoms with Crippen molar-refractivity contribution in [3.8, 4) is 0 Å². The lowest BCUT2D eigenvalue weighted by Crippen LogP contribution is -2.23. The van der Waals surface area contributed by atoms with Crippen LogP contribution in [0.1, 0.15) is 34.0 Å². The van der Waals surface area contributed by atoms with Crippen molar-refractivity contribution >= 4 is 11.6 Å². The summed E-state index contributed by atoms with van der Waals surface area (Å²) >= 11 is 0. The predicted molar refractivity (Wildman–Crippen MR) is 87.7 cm³/mol. The summed E-state index contributed by atoms with van der Waals surface area (Å²) in [5.74, 6) is -0.0355. The molecule has 0 aliphatic carbocycles. The highest BCUT2D eigenvalue weighted by molar-refractivity contribution is 5.94.